The summed E-state index contributed by atoms with van der Waals surface area (Å²) in [6, 6.07) is 17.3. The highest BCUT2D eigenvalue weighted by Crippen LogP contribution is 2.85. The lowest BCUT2D eigenvalue weighted by atomic mass is 9.81. The zero-order valence-corrected chi connectivity index (χ0v) is 18.0. The van der Waals surface area contributed by atoms with Gasteiger partial charge in [0.2, 0.25) is 0 Å². The molecule has 4 heteroatoms. The van der Waals surface area contributed by atoms with Crippen molar-refractivity contribution in [2.45, 2.75) is 23.7 Å². The maximum Gasteiger partial charge on any atom is 0.130 e. The highest BCUT2D eigenvalue weighted by Gasteiger charge is 2.80. The standard InChI is InChI=1S/C28H22N2O2/c1-31-26-14-7-3-4-8-15(14)27(32-2)21-17-13-16(20(21)26)22-23(17)28(22)18-9-5-11-29-24(18)25-19(28)10-6-12-30-25/h3-12,16-17,22-23H,13H2,1-2H3/t16-,17+,22-,23+. The molecule has 2 aromatic heterocycles. The molecule has 4 atom stereocenters. The molecule has 1 spiro atoms. The molecule has 2 aromatic carbocycles. The minimum absolute atomic E-state index is 0.0159. The predicted molar refractivity (Wildman–Crippen MR) is 122 cm³/mol. The van der Waals surface area contributed by atoms with Gasteiger partial charge < -0.3 is 9.47 Å². The number of hydrogen-bond donors (Lipinski definition) is 0. The Hall–Kier alpha value is -3.40. The minimum atomic E-state index is 0.0159. The molecule has 32 heavy (non-hydrogen) atoms. The van der Waals surface area contributed by atoms with Crippen LogP contribution in [0, 0.1) is 11.8 Å². The lowest BCUT2D eigenvalue weighted by Gasteiger charge is -2.23. The van der Waals surface area contributed by atoms with Gasteiger partial charge in [0.25, 0.3) is 0 Å². The molecule has 8 rings (SSSR count). The molecular weight excluding hydrogens is 396 g/mol. The van der Waals surface area contributed by atoms with E-state index in [0.29, 0.717) is 23.7 Å². The molecule has 4 aliphatic rings. The van der Waals surface area contributed by atoms with Crippen molar-refractivity contribution in [3.05, 3.63) is 83.2 Å². The van der Waals surface area contributed by atoms with E-state index >= 15 is 0 Å². The van der Waals surface area contributed by atoms with Crippen LogP contribution in [0.4, 0.5) is 0 Å². The maximum absolute atomic E-state index is 6.10. The van der Waals surface area contributed by atoms with Gasteiger partial charge in [0.05, 0.1) is 25.6 Å². The van der Waals surface area contributed by atoms with Crippen molar-refractivity contribution < 1.29 is 9.47 Å². The van der Waals surface area contributed by atoms with E-state index in [1.165, 1.54) is 28.7 Å². The number of nitrogens with zero attached hydrogens (tertiary/aromatic N) is 2. The summed E-state index contributed by atoms with van der Waals surface area (Å²) in [5.41, 5.74) is 7.67. The fourth-order valence-electron chi connectivity index (χ4n) is 8.05. The highest BCUT2D eigenvalue weighted by molar-refractivity contribution is 5.98. The molecule has 4 aromatic rings. The van der Waals surface area contributed by atoms with E-state index in [-0.39, 0.29) is 5.41 Å². The molecule has 156 valence electrons. The summed E-state index contributed by atoms with van der Waals surface area (Å²) < 4.78 is 12.2. The molecule has 0 amide bonds. The lowest BCUT2D eigenvalue weighted by Crippen LogP contribution is -2.16. The number of ether oxygens (including phenoxy) is 2. The van der Waals surface area contributed by atoms with Crippen LogP contribution in [0.1, 0.15) is 40.5 Å². The van der Waals surface area contributed by atoms with Gasteiger partial charge in [0, 0.05) is 39.7 Å². The smallest absolute Gasteiger partial charge is 0.130 e. The van der Waals surface area contributed by atoms with Gasteiger partial charge in [-0.15, -0.1) is 0 Å². The van der Waals surface area contributed by atoms with Crippen molar-refractivity contribution in [2.24, 2.45) is 11.8 Å². The summed E-state index contributed by atoms with van der Waals surface area (Å²) in [6.07, 6.45) is 4.98. The maximum atomic E-state index is 6.10. The molecule has 0 aliphatic heterocycles. The summed E-state index contributed by atoms with van der Waals surface area (Å²) >= 11 is 0. The zero-order valence-electron chi connectivity index (χ0n) is 18.0. The van der Waals surface area contributed by atoms with Crippen molar-refractivity contribution in [3.63, 3.8) is 0 Å². The third-order valence-electron chi connectivity index (χ3n) is 8.78. The van der Waals surface area contributed by atoms with E-state index in [0.717, 1.165) is 33.7 Å². The lowest BCUT2D eigenvalue weighted by molar-refractivity contribution is 0.397. The Morgan fingerprint density at radius 1 is 0.719 bits per heavy atom. The molecular formula is C28H22N2O2. The molecule has 0 unspecified atom stereocenters. The van der Waals surface area contributed by atoms with Crippen molar-refractivity contribution in [1.82, 2.24) is 9.97 Å². The largest absolute Gasteiger partial charge is 0.496 e. The quantitative estimate of drug-likeness (QED) is 0.435. The van der Waals surface area contributed by atoms with Gasteiger partial charge in [0.1, 0.15) is 11.5 Å². The first-order valence-corrected chi connectivity index (χ1v) is 11.4. The molecule has 0 saturated heterocycles. The third-order valence-corrected chi connectivity index (χ3v) is 8.78. The Kier molecular flexibility index (Phi) is 2.95. The van der Waals surface area contributed by atoms with E-state index in [4.69, 9.17) is 19.4 Å². The monoisotopic (exact) mass is 418 g/mol. The topological polar surface area (TPSA) is 44.2 Å². The van der Waals surface area contributed by atoms with Crippen LogP contribution in [-0.4, -0.2) is 24.2 Å². The van der Waals surface area contributed by atoms with E-state index in [1.807, 2.05) is 26.6 Å². The van der Waals surface area contributed by atoms with Crippen LogP contribution in [0.3, 0.4) is 0 Å². The molecule has 2 fully saturated rings. The van der Waals surface area contributed by atoms with Gasteiger partial charge in [-0.2, -0.15) is 0 Å². The Balaban J connectivity index is 1.42. The summed E-state index contributed by atoms with van der Waals surface area (Å²) in [5.74, 6) is 4.14. The second-order valence-corrected chi connectivity index (χ2v) is 9.61. The molecule has 2 bridgehead atoms. The predicted octanol–water partition coefficient (Wildman–Crippen LogP) is 5.44. The second-order valence-electron chi connectivity index (χ2n) is 9.61. The van der Waals surface area contributed by atoms with Gasteiger partial charge in [-0.1, -0.05) is 36.4 Å². The Morgan fingerprint density at radius 2 is 1.22 bits per heavy atom. The third kappa shape index (κ3) is 1.62. The van der Waals surface area contributed by atoms with Crippen LogP contribution in [0.5, 0.6) is 11.5 Å². The zero-order chi connectivity index (χ0) is 21.2. The number of pyridine rings is 2. The summed E-state index contributed by atoms with van der Waals surface area (Å²) in [5, 5.41) is 2.31. The summed E-state index contributed by atoms with van der Waals surface area (Å²) in [6.45, 7) is 0. The number of aromatic nitrogens is 2. The number of rotatable bonds is 2. The average molecular weight is 418 g/mol. The van der Waals surface area contributed by atoms with E-state index in [2.05, 4.69) is 48.5 Å². The highest BCUT2D eigenvalue weighted by atomic mass is 16.5. The number of benzene rings is 2. The van der Waals surface area contributed by atoms with Crippen LogP contribution >= 0.6 is 0 Å². The first-order chi connectivity index (χ1) is 15.8. The Bertz CT molecular complexity index is 1370. The number of hydrogen-bond acceptors (Lipinski definition) is 4. The van der Waals surface area contributed by atoms with Crippen molar-refractivity contribution in [1.29, 1.82) is 0 Å². The molecule has 2 heterocycles. The second kappa shape index (κ2) is 5.50. The molecule has 0 radical (unpaired) electrons. The summed E-state index contributed by atoms with van der Waals surface area (Å²) in [4.78, 5) is 9.57. The van der Waals surface area contributed by atoms with Crippen LogP contribution in [0.25, 0.3) is 22.2 Å². The molecule has 0 N–H and O–H groups in total. The van der Waals surface area contributed by atoms with Crippen LogP contribution in [0.2, 0.25) is 0 Å². The SMILES string of the molecule is COc1c2c(c(OC)c3ccccc13)[C@@H]1C[C@H]2[C@@H]2[C@H]1C21c2cccnc2-c2ncccc21. The Morgan fingerprint density at radius 3 is 1.69 bits per heavy atom. The van der Waals surface area contributed by atoms with Gasteiger partial charge in [-0.05, 0) is 53.4 Å². The first kappa shape index (κ1) is 17.2. The average Bonchev–Trinajstić information content (AvgIpc) is 3.06. The van der Waals surface area contributed by atoms with Gasteiger partial charge in [-0.3, -0.25) is 9.97 Å². The van der Waals surface area contributed by atoms with Crippen LogP contribution in [0.15, 0.2) is 60.9 Å². The Labute approximate surface area is 186 Å². The van der Waals surface area contributed by atoms with Crippen LogP contribution in [-0.2, 0) is 5.41 Å². The fraction of sp³-hybridized carbons (Fsp3) is 0.286. The molecule has 2 saturated carbocycles. The van der Waals surface area contributed by atoms with E-state index in [1.54, 1.807) is 0 Å². The normalized spacial score (nSPS) is 26.6. The first-order valence-electron chi connectivity index (χ1n) is 11.4. The fourth-order valence-corrected chi connectivity index (χ4v) is 8.05. The van der Waals surface area contributed by atoms with Crippen molar-refractivity contribution >= 4 is 10.8 Å². The number of fused-ring (bicyclic) bond motifs is 16. The molecule has 4 aliphatic carbocycles. The summed E-state index contributed by atoms with van der Waals surface area (Å²) in [7, 11) is 3.63. The van der Waals surface area contributed by atoms with Crippen LogP contribution < -0.4 is 9.47 Å². The minimum Gasteiger partial charge on any atom is -0.496 e. The van der Waals surface area contributed by atoms with Gasteiger partial charge >= 0.3 is 0 Å². The van der Waals surface area contributed by atoms with Crippen molar-refractivity contribution in [3.8, 4) is 22.9 Å². The van der Waals surface area contributed by atoms with E-state index in [9.17, 15) is 0 Å². The number of methoxy groups -OCH3 is 2. The van der Waals surface area contributed by atoms with Crippen molar-refractivity contribution in [2.75, 3.05) is 14.2 Å². The van der Waals surface area contributed by atoms with E-state index < -0.39 is 0 Å². The van der Waals surface area contributed by atoms with Gasteiger partial charge in [0.15, 0.2) is 0 Å². The molecule has 4 nitrogen and oxygen atoms in total. The van der Waals surface area contributed by atoms with Gasteiger partial charge in [-0.25, -0.2) is 0 Å².